The molecule has 13 rings (SSSR count). The smallest absolute Gasteiger partial charge is 0.179 e. The quantitative estimate of drug-likeness (QED) is 0.112. The number of benzene rings is 10. The Balaban J connectivity index is 1.13. The zero-order chi connectivity index (χ0) is 42.2. The van der Waals surface area contributed by atoms with Crippen LogP contribution >= 0.6 is 0 Å². The minimum absolute atomic E-state index is 1.13. The highest BCUT2D eigenvalue weighted by Crippen LogP contribution is 2.39. The van der Waals surface area contributed by atoms with Gasteiger partial charge in [-0.25, -0.2) is 0 Å². The van der Waals surface area contributed by atoms with E-state index < -0.39 is 8.07 Å². The summed E-state index contributed by atoms with van der Waals surface area (Å²) in [4.78, 5) is 0. The van der Waals surface area contributed by atoms with Crippen molar-refractivity contribution < 1.29 is 0 Å². The lowest BCUT2D eigenvalue weighted by Crippen LogP contribution is -2.74. The third-order valence-corrected chi connectivity index (χ3v) is 18.3. The van der Waals surface area contributed by atoms with Gasteiger partial charge in [-0.3, -0.25) is 0 Å². The van der Waals surface area contributed by atoms with E-state index in [-0.39, 0.29) is 0 Å². The van der Waals surface area contributed by atoms with Crippen molar-refractivity contribution in [3.05, 3.63) is 249 Å². The lowest BCUT2D eigenvalue weighted by atomic mass is 10.1. The average Bonchev–Trinajstić information content (AvgIpc) is 4.00. The van der Waals surface area contributed by atoms with Gasteiger partial charge in [0, 0.05) is 49.4 Å². The van der Waals surface area contributed by atoms with Crippen molar-refractivity contribution in [1.82, 2.24) is 13.7 Å². The van der Waals surface area contributed by atoms with Crippen molar-refractivity contribution >= 4 is 94.2 Å². The maximum atomic E-state index is 2.54. The lowest BCUT2D eigenvalue weighted by molar-refractivity contribution is 1.15. The SMILES string of the molecule is c1ccc(-n2c3ccccc3c3cc(-n4c5ccc([Si](c6ccccc6)(c6ccccc6)c6ccccc6)cc5c5ccc(-n6c7ccccc7c7ccccc76)cc54)ccc32)cc1. The first-order chi connectivity index (χ1) is 31.8. The Morgan fingerprint density at radius 3 is 1.11 bits per heavy atom. The first-order valence-electron chi connectivity index (χ1n) is 22.1. The standard InChI is InChI=1S/C60H41N3Si/c1-5-19-42(20-6-1)61-57-32-18-15-29-51(57)53-39-43(34-37-58(53)61)63-59-38-35-48(64(45-21-7-2-8-22-45,46-23-9-3-10-24-46)47-25-11-4-12-26-47)41-54(59)52-36-33-44(40-60(52)63)62-55-30-16-13-27-49(55)50-28-14-17-31-56(50)62/h1-41H. The molecule has 0 atom stereocenters. The lowest BCUT2D eigenvalue weighted by Gasteiger charge is -2.34. The fourth-order valence-corrected chi connectivity index (χ4v) is 15.7. The van der Waals surface area contributed by atoms with Crippen LogP contribution in [0.25, 0.3) is 82.5 Å². The van der Waals surface area contributed by atoms with Gasteiger partial charge in [-0.05, 0) is 87.5 Å². The van der Waals surface area contributed by atoms with Crippen molar-refractivity contribution in [3.63, 3.8) is 0 Å². The van der Waals surface area contributed by atoms with E-state index in [4.69, 9.17) is 0 Å². The molecule has 0 radical (unpaired) electrons. The summed E-state index contributed by atoms with van der Waals surface area (Å²) in [6, 6.07) is 92.3. The summed E-state index contributed by atoms with van der Waals surface area (Å²) in [6.07, 6.45) is 0. The Morgan fingerprint density at radius 2 is 0.562 bits per heavy atom. The molecule has 3 heterocycles. The monoisotopic (exact) mass is 831 g/mol. The number of rotatable bonds is 7. The largest absolute Gasteiger partial charge is 0.309 e. The van der Waals surface area contributed by atoms with Gasteiger partial charge < -0.3 is 13.7 Å². The van der Waals surface area contributed by atoms with Crippen LogP contribution in [-0.2, 0) is 0 Å². The van der Waals surface area contributed by atoms with E-state index in [9.17, 15) is 0 Å². The van der Waals surface area contributed by atoms with Crippen LogP contribution in [0.5, 0.6) is 0 Å². The third kappa shape index (κ3) is 5.33. The molecule has 13 aromatic rings. The fraction of sp³-hybridized carbons (Fsp3) is 0. The topological polar surface area (TPSA) is 14.8 Å². The number of hydrogen-bond acceptors (Lipinski definition) is 0. The summed E-state index contributed by atoms with van der Waals surface area (Å²) in [6.45, 7) is 0. The van der Waals surface area contributed by atoms with Crippen molar-refractivity contribution in [3.8, 4) is 17.1 Å². The Labute approximate surface area is 372 Å². The Morgan fingerprint density at radius 1 is 0.203 bits per heavy atom. The van der Waals surface area contributed by atoms with Crippen LogP contribution in [0.4, 0.5) is 0 Å². The molecule has 0 unspecified atom stereocenters. The zero-order valence-electron chi connectivity index (χ0n) is 35.0. The molecule has 0 N–H and O–H groups in total. The Kier molecular flexibility index (Phi) is 8.23. The molecule has 0 aliphatic rings. The van der Waals surface area contributed by atoms with Crippen LogP contribution in [0, 0.1) is 0 Å². The van der Waals surface area contributed by atoms with Gasteiger partial charge in [0.2, 0.25) is 0 Å². The maximum absolute atomic E-state index is 2.80. The number of nitrogens with zero attached hydrogens (tertiary/aromatic N) is 3. The summed E-state index contributed by atoms with van der Waals surface area (Å²) in [5, 5.41) is 12.9. The van der Waals surface area contributed by atoms with E-state index in [1.54, 1.807) is 0 Å². The second kappa shape index (κ2) is 14.5. The number of para-hydroxylation sites is 4. The van der Waals surface area contributed by atoms with Gasteiger partial charge in [0.25, 0.3) is 0 Å². The van der Waals surface area contributed by atoms with Gasteiger partial charge in [0.15, 0.2) is 8.07 Å². The van der Waals surface area contributed by atoms with E-state index in [2.05, 4.69) is 262 Å². The number of hydrogen-bond donors (Lipinski definition) is 0. The molecule has 0 bridgehead atoms. The van der Waals surface area contributed by atoms with Gasteiger partial charge in [-0.15, -0.1) is 0 Å². The molecule has 0 aliphatic carbocycles. The Hall–Kier alpha value is -8.18. The average molecular weight is 832 g/mol. The molecule has 0 spiro atoms. The Bertz CT molecular complexity index is 3730. The predicted molar refractivity (Wildman–Crippen MR) is 273 cm³/mol. The van der Waals surface area contributed by atoms with E-state index in [1.165, 1.54) is 86.2 Å². The van der Waals surface area contributed by atoms with E-state index in [1.807, 2.05) is 0 Å². The van der Waals surface area contributed by atoms with Crippen LogP contribution in [0.1, 0.15) is 0 Å². The fourth-order valence-electron chi connectivity index (χ4n) is 10.9. The highest BCUT2D eigenvalue weighted by atomic mass is 28.3. The van der Waals surface area contributed by atoms with Crippen LogP contribution in [0.2, 0.25) is 0 Å². The van der Waals surface area contributed by atoms with E-state index in [0.717, 1.165) is 17.1 Å². The van der Waals surface area contributed by atoms with Gasteiger partial charge in [-0.2, -0.15) is 0 Å². The zero-order valence-corrected chi connectivity index (χ0v) is 36.0. The van der Waals surface area contributed by atoms with Crippen LogP contribution in [0.15, 0.2) is 249 Å². The van der Waals surface area contributed by atoms with Gasteiger partial charge in [-0.1, -0.05) is 182 Å². The maximum Gasteiger partial charge on any atom is 0.179 e. The summed E-state index contributed by atoms with van der Waals surface area (Å²) in [5.41, 5.74) is 10.6. The van der Waals surface area contributed by atoms with Gasteiger partial charge >= 0.3 is 0 Å². The molecule has 10 aromatic carbocycles. The van der Waals surface area contributed by atoms with Crippen LogP contribution in [0.3, 0.4) is 0 Å². The summed E-state index contributed by atoms with van der Waals surface area (Å²) in [5.74, 6) is 0. The minimum atomic E-state index is -2.80. The summed E-state index contributed by atoms with van der Waals surface area (Å²) in [7, 11) is -2.80. The van der Waals surface area contributed by atoms with E-state index in [0.29, 0.717) is 0 Å². The highest BCUT2D eigenvalue weighted by Gasteiger charge is 2.41. The highest BCUT2D eigenvalue weighted by molar-refractivity contribution is 7.20. The number of aromatic nitrogens is 3. The first-order valence-corrected chi connectivity index (χ1v) is 24.1. The predicted octanol–water partition coefficient (Wildman–Crippen LogP) is 12.4. The second-order valence-electron chi connectivity index (χ2n) is 16.9. The molecule has 0 aliphatic heterocycles. The van der Waals surface area contributed by atoms with Crippen molar-refractivity contribution in [2.75, 3.05) is 0 Å². The molecule has 3 nitrogen and oxygen atoms in total. The summed E-state index contributed by atoms with van der Waals surface area (Å²) >= 11 is 0. The van der Waals surface area contributed by atoms with Crippen molar-refractivity contribution in [1.29, 1.82) is 0 Å². The second-order valence-corrected chi connectivity index (χ2v) is 20.7. The first kappa shape index (κ1) is 36.5. The molecule has 64 heavy (non-hydrogen) atoms. The van der Waals surface area contributed by atoms with Crippen molar-refractivity contribution in [2.45, 2.75) is 0 Å². The van der Waals surface area contributed by atoms with Crippen LogP contribution < -0.4 is 20.7 Å². The normalized spacial score (nSPS) is 12.1. The molecule has 0 amide bonds. The molecular formula is C60H41N3Si. The molecular weight excluding hydrogens is 791 g/mol. The van der Waals surface area contributed by atoms with Gasteiger partial charge in [0.05, 0.1) is 33.1 Å². The molecule has 0 fully saturated rings. The molecule has 0 saturated carbocycles. The molecule has 300 valence electrons. The summed E-state index contributed by atoms with van der Waals surface area (Å²) < 4.78 is 7.34. The van der Waals surface area contributed by atoms with E-state index >= 15 is 0 Å². The molecule has 0 saturated heterocycles. The molecule has 4 heteroatoms. The van der Waals surface area contributed by atoms with Crippen molar-refractivity contribution in [2.24, 2.45) is 0 Å². The number of fused-ring (bicyclic) bond motifs is 9. The van der Waals surface area contributed by atoms with Gasteiger partial charge in [0.1, 0.15) is 0 Å². The molecule has 3 aromatic heterocycles. The van der Waals surface area contributed by atoms with Crippen LogP contribution in [-0.4, -0.2) is 21.8 Å². The minimum Gasteiger partial charge on any atom is -0.309 e. The third-order valence-electron chi connectivity index (χ3n) is 13.6.